The molecule has 0 unspecified atom stereocenters. The topological polar surface area (TPSA) is 702 Å². The standard InChI is InChI=1S/C54H93N3O41/c1-13(66)55-25-33(76)43(96-53-40(83)46(31(74)20(8-62)88-53)97-49-26(56-14(2)67)34(77)44(22(10-64)90-49)94-51-38(81)36(79)29(72)18(6-60)86-51)21(9-63)89-48(25)85-12-24-32(75)47(41(84)54(92-24)93-42(17(70)5-59)28(71)16(69)4-58)98-50-27(57-15(3)68)35(78)45(23(11-65)91-50)95-52-39(82)37(80)30(73)19(7-61)87-52/h16-54,58-65,69-84H,4-12H2,1-3H3,(H,55,66)(H,56,67)(H,57,68)/t16-,17+,18+,19+,20+,21+,22+,23+,24+,25+,26+,27+,28+,29-,30-,31-,32-,33+,34+,35+,36-,37-,38+,39+,40+,41+,42+,43+,44+,45+,46-,47-,48+,49-,50-,51-,52-,53-,54-/m0/s1. The minimum atomic E-state index is -2.41. The van der Waals surface area contributed by atoms with Crippen molar-refractivity contribution in [3.05, 3.63) is 0 Å². The fraction of sp³-hybridized carbons (Fsp3) is 0.944. The molecular formula is C54H93N3O41. The van der Waals surface area contributed by atoms with Gasteiger partial charge in [0.15, 0.2) is 44.0 Å². The lowest BCUT2D eigenvalue weighted by Crippen LogP contribution is -2.70. The maximum absolute atomic E-state index is 12.9. The Kier molecular flexibility index (Phi) is 30.6. The zero-order valence-electron chi connectivity index (χ0n) is 52.6. The molecule has 7 fully saturated rings. The van der Waals surface area contributed by atoms with Crippen LogP contribution >= 0.6 is 0 Å². The summed E-state index contributed by atoms with van der Waals surface area (Å²) in [5.74, 6) is -2.72. The molecule has 0 aliphatic carbocycles. The molecule has 0 radical (unpaired) electrons. The second-order valence-corrected chi connectivity index (χ2v) is 24.4. The summed E-state index contributed by atoms with van der Waals surface area (Å²) in [6, 6.07) is -5.56. The number of nitrogens with one attached hydrogen (secondary N) is 3. The molecule has 39 atom stereocenters. The number of carbonyl (C=O) groups is 3. The fourth-order valence-electron chi connectivity index (χ4n) is 12.2. The van der Waals surface area contributed by atoms with Gasteiger partial charge in [0.25, 0.3) is 0 Å². The van der Waals surface area contributed by atoms with Crippen LogP contribution in [0.2, 0.25) is 0 Å². The van der Waals surface area contributed by atoms with Crippen molar-refractivity contribution in [3.8, 4) is 0 Å². The van der Waals surface area contributed by atoms with Gasteiger partial charge in [-0.3, -0.25) is 14.4 Å². The molecule has 27 N–H and O–H groups in total. The maximum atomic E-state index is 12.9. The van der Waals surface area contributed by atoms with Gasteiger partial charge in [0.2, 0.25) is 17.7 Å². The second-order valence-electron chi connectivity index (χ2n) is 24.4. The second kappa shape index (κ2) is 36.5. The number of hydrogen-bond acceptors (Lipinski definition) is 41. The maximum Gasteiger partial charge on any atom is 0.217 e. The van der Waals surface area contributed by atoms with E-state index in [1.165, 1.54) is 0 Å². The molecule has 7 aliphatic rings. The number of rotatable bonds is 29. The van der Waals surface area contributed by atoms with E-state index < -0.39 is 316 Å². The van der Waals surface area contributed by atoms with E-state index in [0.29, 0.717) is 0 Å². The van der Waals surface area contributed by atoms with Crippen LogP contribution in [0.3, 0.4) is 0 Å². The molecule has 7 rings (SSSR count). The number of hydrogen-bond donors (Lipinski definition) is 27. The van der Waals surface area contributed by atoms with E-state index in [4.69, 9.17) is 66.3 Å². The van der Waals surface area contributed by atoms with E-state index in [2.05, 4.69) is 16.0 Å². The van der Waals surface area contributed by atoms with Crippen molar-refractivity contribution in [2.75, 3.05) is 59.5 Å². The largest absolute Gasteiger partial charge is 0.394 e. The Hall–Kier alpha value is -3.11. The lowest BCUT2D eigenvalue weighted by atomic mass is 9.94. The van der Waals surface area contributed by atoms with Crippen molar-refractivity contribution in [2.45, 2.75) is 260 Å². The number of amides is 3. The first-order chi connectivity index (χ1) is 46.3. The highest BCUT2D eigenvalue weighted by molar-refractivity contribution is 5.74. The number of aliphatic hydroxyl groups is 24. The Morgan fingerprint density at radius 1 is 0.327 bits per heavy atom. The van der Waals surface area contributed by atoms with Crippen LogP contribution in [-0.4, -0.2) is 439 Å². The lowest BCUT2D eigenvalue weighted by molar-refractivity contribution is -0.381. The van der Waals surface area contributed by atoms with Gasteiger partial charge >= 0.3 is 0 Å². The van der Waals surface area contributed by atoms with E-state index in [1.54, 1.807) is 0 Å². The Labute approximate surface area is 555 Å². The Morgan fingerprint density at radius 3 is 0.980 bits per heavy atom. The van der Waals surface area contributed by atoms with Gasteiger partial charge in [0.1, 0.15) is 195 Å². The van der Waals surface area contributed by atoms with E-state index >= 15 is 0 Å². The first-order valence-electron chi connectivity index (χ1n) is 31.0. The van der Waals surface area contributed by atoms with E-state index in [1.807, 2.05) is 0 Å². The monoisotopic (exact) mass is 1440 g/mol. The van der Waals surface area contributed by atoms with Crippen molar-refractivity contribution in [3.63, 3.8) is 0 Å². The van der Waals surface area contributed by atoms with Crippen LogP contribution in [0, 0.1) is 0 Å². The van der Waals surface area contributed by atoms with Crippen LogP contribution in [0.25, 0.3) is 0 Å². The predicted molar refractivity (Wildman–Crippen MR) is 301 cm³/mol. The van der Waals surface area contributed by atoms with Gasteiger partial charge in [-0.1, -0.05) is 0 Å². The summed E-state index contributed by atoms with van der Waals surface area (Å²) in [6.45, 7) is -6.79. The zero-order valence-corrected chi connectivity index (χ0v) is 52.6. The van der Waals surface area contributed by atoms with Gasteiger partial charge in [-0.2, -0.15) is 0 Å². The smallest absolute Gasteiger partial charge is 0.217 e. The fourth-order valence-corrected chi connectivity index (χ4v) is 12.2. The molecule has 0 aromatic carbocycles. The van der Waals surface area contributed by atoms with Crippen molar-refractivity contribution in [1.82, 2.24) is 16.0 Å². The van der Waals surface area contributed by atoms with Crippen LogP contribution in [0.4, 0.5) is 0 Å². The molecule has 7 heterocycles. The van der Waals surface area contributed by atoms with Gasteiger partial charge in [0, 0.05) is 20.8 Å². The van der Waals surface area contributed by atoms with E-state index in [9.17, 15) is 137 Å². The van der Waals surface area contributed by atoms with Crippen molar-refractivity contribution < 1.29 is 203 Å². The van der Waals surface area contributed by atoms with Crippen LogP contribution in [0.5, 0.6) is 0 Å². The molecule has 0 spiro atoms. The number of ether oxygens (including phenoxy) is 14. The molecule has 0 saturated carbocycles. The molecule has 570 valence electrons. The highest BCUT2D eigenvalue weighted by Crippen LogP contribution is 2.38. The Bertz CT molecular complexity index is 2460. The summed E-state index contributed by atoms with van der Waals surface area (Å²) >= 11 is 0. The number of aliphatic hydroxyl groups excluding tert-OH is 24. The van der Waals surface area contributed by atoms with Crippen LogP contribution in [0.1, 0.15) is 20.8 Å². The SMILES string of the molecule is CC(=O)N[C@H]1[C@H](O[C@H]2[C@@H](O)[C@@H](CO[C@@H]3O[C@H](CO)[C@@H](O[C@@H]4O[C@H](CO)[C@H](O)[C@H](O[C@@H]5O[C@H](CO)[C@@H](O[C@@H]6O[C@H](CO)[C@H](O)[C@H](O)[C@H]6O)[C@H](O)[C@H]5NC(C)=O)[C@H]4O)[C@H](O)[C@H]3NC(C)=O)O[C@@H](O[C@@H]([C@H](O)[C@@H](O)CO)[C@H](O)CO)[C@@H]2O)O[C@H](CO)[C@@H](O[C@@H]2O[C@H](CO)[C@H](O)[C@H](O)[C@H]2O)[C@@H]1O. The molecule has 0 aromatic heterocycles. The van der Waals surface area contributed by atoms with Crippen LogP contribution in [0.15, 0.2) is 0 Å². The third-order valence-electron chi connectivity index (χ3n) is 17.5. The summed E-state index contributed by atoms with van der Waals surface area (Å²) in [5, 5.41) is 266. The van der Waals surface area contributed by atoms with E-state index in [-0.39, 0.29) is 0 Å². The summed E-state index contributed by atoms with van der Waals surface area (Å²) in [7, 11) is 0. The highest BCUT2D eigenvalue weighted by Gasteiger charge is 2.59. The summed E-state index contributed by atoms with van der Waals surface area (Å²) in [6.07, 6.45) is -72.7. The molecular weight excluding hydrogens is 1350 g/mol. The molecule has 0 aromatic rings. The van der Waals surface area contributed by atoms with Crippen molar-refractivity contribution >= 4 is 17.7 Å². The minimum absolute atomic E-state index is 0.872. The van der Waals surface area contributed by atoms with Gasteiger partial charge in [-0.25, -0.2) is 0 Å². The van der Waals surface area contributed by atoms with Gasteiger partial charge in [-0.05, 0) is 0 Å². The summed E-state index contributed by atoms with van der Waals surface area (Å²) < 4.78 is 81.3. The molecule has 44 heteroatoms. The Balaban J connectivity index is 1.13. The highest BCUT2D eigenvalue weighted by atomic mass is 16.8. The van der Waals surface area contributed by atoms with Gasteiger partial charge in [0.05, 0.1) is 59.5 Å². The summed E-state index contributed by atoms with van der Waals surface area (Å²) in [5.41, 5.74) is 0. The normalized spacial score (nSPS) is 46.1. The lowest BCUT2D eigenvalue weighted by Gasteiger charge is -2.50. The van der Waals surface area contributed by atoms with Crippen molar-refractivity contribution in [2.24, 2.45) is 0 Å². The predicted octanol–water partition coefficient (Wildman–Crippen LogP) is -18.4. The van der Waals surface area contributed by atoms with Crippen LogP contribution < -0.4 is 16.0 Å². The molecule has 44 nitrogen and oxygen atoms in total. The van der Waals surface area contributed by atoms with E-state index in [0.717, 1.165) is 20.8 Å². The minimum Gasteiger partial charge on any atom is -0.394 e. The molecule has 7 saturated heterocycles. The first-order valence-corrected chi connectivity index (χ1v) is 31.0. The average molecular weight is 1440 g/mol. The first kappa shape index (κ1) is 82.2. The molecule has 98 heavy (non-hydrogen) atoms. The quantitative estimate of drug-likeness (QED) is 0.0331. The molecule has 0 bridgehead atoms. The third-order valence-corrected chi connectivity index (χ3v) is 17.5. The Morgan fingerprint density at radius 2 is 0.622 bits per heavy atom. The zero-order chi connectivity index (χ0) is 72.6. The third kappa shape index (κ3) is 18.5. The molecule has 3 amide bonds. The van der Waals surface area contributed by atoms with Gasteiger partial charge < -0.3 is 205 Å². The average Bonchev–Trinajstić information content (AvgIpc) is 0.776. The van der Waals surface area contributed by atoms with Gasteiger partial charge in [-0.15, -0.1) is 0 Å². The number of carbonyl (C=O) groups excluding carboxylic acids is 3. The molecule has 7 aliphatic heterocycles. The van der Waals surface area contributed by atoms with Crippen LogP contribution in [-0.2, 0) is 80.7 Å². The summed E-state index contributed by atoms with van der Waals surface area (Å²) in [4.78, 5) is 38.2. The van der Waals surface area contributed by atoms with Crippen molar-refractivity contribution in [1.29, 1.82) is 0 Å².